The lowest BCUT2D eigenvalue weighted by Gasteiger charge is -2.42. The predicted molar refractivity (Wildman–Crippen MR) is 123 cm³/mol. The molecule has 166 valence electrons. The molecule has 2 saturated heterocycles. The van der Waals surface area contributed by atoms with Gasteiger partial charge in [0, 0.05) is 33.3 Å². The van der Waals surface area contributed by atoms with Crippen molar-refractivity contribution in [2.24, 2.45) is 11.3 Å². The zero-order valence-electron chi connectivity index (χ0n) is 17.8. The van der Waals surface area contributed by atoms with Gasteiger partial charge in [0.25, 0.3) is 0 Å². The number of nitrogens with one attached hydrogen (secondary N) is 1. The summed E-state index contributed by atoms with van der Waals surface area (Å²) in [5, 5.41) is 3.37. The number of halogens is 2. The number of amides is 1. The third-order valence-corrected chi connectivity index (χ3v) is 6.20. The third-order valence-electron chi connectivity index (χ3n) is 6.20. The van der Waals surface area contributed by atoms with Crippen LogP contribution in [-0.2, 0) is 16.1 Å². The summed E-state index contributed by atoms with van der Waals surface area (Å²) in [4.78, 5) is 17.8. The molecule has 0 unspecified atom stereocenters. The van der Waals surface area contributed by atoms with Crippen molar-refractivity contribution in [1.82, 2.24) is 15.1 Å². The van der Waals surface area contributed by atoms with Crippen molar-refractivity contribution in [2.45, 2.75) is 32.2 Å². The Bertz CT molecular complexity index is 583. The smallest absolute Gasteiger partial charge is 0.231 e. The van der Waals surface area contributed by atoms with Gasteiger partial charge in [-0.3, -0.25) is 4.79 Å². The molecule has 0 radical (unpaired) electrons. The minimum atomic E-state index is -0.309. The Morgan fingerprint density at radius 1 is 1.17 bits per heavy atom. The van der Waals surface area contributed by atoms with Crippen LogP contribution in [0.1, 0.15) is 31.2 Å². The Hall–Kier alpha value is -0.850. The number of benzene rings is 1. The Kier molecular flexibility index (Phi) is 11.5. The first-order valence-corrected chi connectivity index (χ1v) is 10.3. The first-order chi connectivity index (χ1) is 13.1. The molecule has 7 heteroatoms. The Balaban J connectivity index is 0.00000210. The summed E-state index contributed by atoms with van der Waals surface area (Å²) in [5.74, 6) is 0.996. The van der Waals surface area contributed by atoms with Crippen LogP contribution in [0.2, 0.25) is 0 Å². The van der Waals surface area contributed by atoms with Crippen molar-refractivity contribution in [1.29, 1.82) is 0 Å². The topological polar surface area (TPSA) is 44.8 Å². The Labute approximate surface area is 188 Å². The second kappa shape index (κ2) is 12.8. The minimum absolute atomic E-state index is 0. The van der Waals surface area contributed by atoms with Crippen molar-refractivity contribution in [3.05, 3.63) is 35.9 Å². The van der Waals surface area contributed by atoms with E-state index >= 15 is 0 Å². The summed E-state index contributed by atoms with van der Waals surface area (Å²) >= 11 is 0. The van der Waals surface area contributed by atoms with Crippen LogP contribution in [0.4, 0.5) is 0 Å². The molecule has 2 aliphatic heterocycles. The van der Waals surface area contributed by atoms with E-state index in [1.54, 1.807) is 7.11 Å². The van der Waals surface area contributed by atoms with Crippen LogP contribution < -0.4 is 5.32 Å². The lowest BCUT2D eigenvalue weighted by atomic mass is 9.77. The Morgan fingerprint density at radius 3 is 2.38 bits per heavy atom. The number of piperidine rings is 2. The molecule has 3 rings (SSSR count). The monoisotopic (exact) mass is 445 g/mol. The number of methoxy groups -OCH3 is 1. The molecular formula is C22H37Cl2N3O2. The van der Waals surface area contributed by atoms with E-state index in [-0.39, 0.29) is 30.2 Å². The van der Waals surface area contributed by atoms with Crippen molar-refractivity contribution < 1.29 is 9.53 Å². The highest BCUT2D eigenvalue weighted by molar-refractivity contribution is 5.85. The lowest BCUT2D eigenvalue weighted by molar-refractivity contribution is -0.149. The maximum Gasteiger partial charge on any atom is 0.231 e. The van der Waals surface area contributed by atoms with Gasteiger partial charge in [-0.05, 0) is 57.3 Å². The van der Waals surface area contributed by atoms with Gasteiger partial charge in [0.1, 0.15) is 0 Å². The standard InChI is InChI=1S/C22H35N3O2.2ClH/c1-24(16-19-6-4-3-5-7-19)17-20-8-14-25(15-9-20)21(26)22(18-27-2)10-12-23-13-11-22;;/h3-7,20,23H,8-18H2,1-2H3;2*1H. The van der Waals surface area contributed by atoms with Crippen LogP contribution in [0.15, 0.2) is 30.3 Å². The van der Waals surface area contributed by atoms with E-state index in [0.717, 1.165) is 65.0 Å². The van der Waals surface area contributed by atoms with Crippen LogP contribution in [0.5, 0.6) is 0 Å². The number of likely N-dealkylation sites (tertiary alicyclic amines) is 1. The highest BCUT2D eigenvalue weighted by atomic mass is 35.5. The molecule has 0 atom stereocenters. The molecular weight excluding hydrogens is 409 g/mol. The van der Waals surface area contributed by atoms with Crippen molar-refractivity contribution in [3.8, 4) is 0 Å². The minimum Gasteiger partial charge on any atom is -0.384 e. The van der Waals surface area contributed by atoms with Gasteiger partial charge in [0.05, 0.1) is 12.0 Å². The van der Waals surface area contributed by atoms with E-state index in [1.807, 2.05) is 0 Å². The average molecular weight is 446 g/mol. The highest BCUT2D eigenvalue weighted by Gasteiger charge is 2.42. The van der Waals surface area contributed by atoms with Gasteiger partial charge in [0.15, 0.2) is 0 Å². The number of carbonyl (C=O) groups excluding carboxylic acids is 1. The van der Waals surface area contributed by atoms with Gasteiger partial charge >= 0.3 is 0 Å². The van der Waals surface area contributed by atoms with Crippen LogP contribution >= 0.6 is 24.8 Å². The molecule has 2 aliphatic rings. The first kappa shape index (κ1) is 26.2. The van der Waals surface area contributed by atoms with E-state index in [0.29, 0.717) is 18.4 Å². The normalized spacial score (nSPS) is 19.3. The van der Waals surface area contributed by atoms with Crippen LogP contribution in [0, 0.1) is 11.3 Å². The first-order valence-electron chi connectivity index (χ1n) is 10.3. The number of hydrogen-bond donors (Lipinski definition) is 1. The Morgan fingerprint density at radius 2 is 1.79 bits per heavy atom. The number of rotatable bonds is 7. The predicted octanol–water partition coefficient (Wildman–Crippen LogP) is 3.22. The number of nitrogens with zero attached hydrogens (tertiary/aromatic N) is 2. The fourth-order valence-electron chi connectivity index (χ4n) is 4.66. The summed E-state index contributed by atoms with van der Waals surface area (Å²) in [5.41, 5.74) is 1.05. The van der Waals surface area contributed by atoms with E-state index in [1.165, 1.54) is 5.56 Å². The van der Waals surface area contributed by atoms with Crippen LogP contribution in [0.25, 0.3) is 0 Å². The fourth-order valence-corrected chi connectivity index (χ4v) is 4.66. The maximum absolute atomic E-state index is 13.2. The largest absolute Gasteiger partial charge is 0.384 e. The van der Waals surface area contributed by atoms with Crippen LogP contribution in [0.3, 0.4) is 0 Å². The van der Waals surface area contributed by atoms with Crippen LogP contribution in [-0.4, -0.2) is 69.2 Å². The van der Waals surface area contributed by atoms with Gasteiger partial charge in [-0.1, -0.05) is 30.3 Å². The highest BCUT2D eigenvalue weighted by Crippen LogP contribution is 2.33. The number of carbonyl (C=O) groups is 1. The molecule has 2 heterocycles. The molecule has 2 fully saturated rings. The fraction of sp³-hybridized carbons (Fsp3) is 0.682. The van der Waals surface area contributed by atoms with Crippen molar-refractivity contribution in [2.75, 3.05) is 53.5 Å². The van der Waals surface area contributed by atoms with E-state index in [2.05, 4.69) is 52.5 Å². The second-order valence-electron chi connectivity index (χ2n) is 8.38. The summed E-state index contributed by atoms with van der Waals surface area (Å²) in [6.45, 7) is 6.25. The maximum atomic E-state index is 13.2. The van der Waals surface area contributed by atoms with Gasteiger partial charge in [-0.25, -0.2) is 0 Å². The zero-order valence-corrected chi connectivity index (χ0v) is 19.4. The molecule has 1 aromatic carbocycles. The summed E-state index contributed by atoms with van der Waals surface area (Å²) < 4.78 is 5.45. The van der Waals surface area contributed by atoms with Gasteiger partial charge < -0.3 is 19.9 Å². The van der Waals surface area contributed by atoms with E-state index < -0.39 is 0 Å². The molecule has 5 nitrogen and oxygen atoms in total. The van der Waals surface area contributed by atoms with Gasteiger partial charge in [-0.2, -0.15) is 0 Å². The second-order valence-corrected chi connectivity index (χ2v) is 8.38. The summed E-state index contributed by atoms with van der Waals surface area (Å²) in [6, 6.07) is 10.6. The van der Waals surface area contributed by atoms with E-state index in [4.69, 9.17) is 4.74 Å². The molecule has 1 amide bonds. The third kappa shape index (κ3) is 7.11. The molecule has 1 aromatic rings. The van der Waals surface area contributed by atoms with Crippen molar-refractivity contribution >= 4 is 30.7 Å². The molecule has 0 saturated carbocycles. The molecule has 0 aromatic heterocycles. The molecule has 29 heavy (non-hydrogen) atoms. The molecule has 0 aliphatic carbocycles. The van der Waals surface area contributed by atoms with Crippen molar-refractivity contribution in [3.63, 3.8) is 0 Å². The summed E-state index contributed by atoms with van der Waals surface area (Å²) in [6.07, 6.45) is 3.98. The van der Waals surface area contributed by atoms with Gasteiger partial charge in [0.2, 0.25) is 5.91 Å². The summed E-state index contributed by atoms with van der Waals surface area (Å²) in [7, 11) is 3.92. The molecule has 0 bridgehead atoms. The quantitative estimate of drug-likeness (QED) is 0.699. The SMILES string of the molecule is COCC1(C(=O)N2CCC(CN(C)Cc3ccccc3)CC2)CCNCC1.Cl.Cl. The molecule has 1 N–H and O–H groups in total. The van der Waals surface area contributed by atoms with Gasteiger partial charge in [-0.15, -0.1) is 24.8 Å². The molecule has 0 spiro atoms. The zero-order chi connectivity index (χ0) is 19.1. The van der Waals surface area contributed by atoms with E-state index in [9.17, 15) is 4.79 Å². The number of ether oxygens (including phenoxy) is 1. The lowest BCUT2D eigenvalue weighted by Crippen LogP contribution is -2.53. The average Bonchev–Trinajstić information content (AvgIpc) is 2.70. The number of hydrogen-bond acceptors (Lipinski definition) is 4.